The number of hydrogen-bond donors (Lipinski definition) is 0. The minimum absolute atomic E-state index is 0.0175. The van der Waals surface area contributed by atoms with E-state index in [-0.39, 0.29) is 19.4 Å². The molecular formula is C14H14BrClF3NO. The molecule has 1 unspecified atom stereocenters. The number of carbonyl (C=O) groups is 1. The van der Waals surface area contributed by atoms with E-state index in [2.05, 4.69) is 15.9 Å². The molecule has 0 saturated carbocycles. The largest absolute Gasteiger partial charge is 0.408 e. The van der Waals surface area contributed by atoms with Gasteiger partial charge in [0.2, 0.25) is 5.91 Å². The summed E-state index contributed by atoms with van der Waals surface area (Å²) in [4.78, 5) is 13.1. The zero-order chi connectivity index (χ0) is 15.6. The molecule has 21 heavy (non-hydrogen) atoms. The van der Waals surface area contributed by atoms with Gasteiger partial charge in [0.1, 0.15) is 6.04 Å². The quantitative estimate of drug-likeness (QED) is 0.730. The molecular weight excluding hydrogens is 371 g/mol. The van der Waals surface area contributed by atoms with Gasteiger partial charge in [-0.2, -0.15) is 13.2 Å². The van der Waals surface area contributed by atoms with Crippen molar-refractivity contribution in [3.8, 4) is 0 Å². The third-order valence-electron chi connectivity index (χ3n) is 3.54. The molecule has 0 radical (unpaired) electrons. The van der Waals surface area contributed by atoms with Crippen LogP contribution in [0.15, 0.2) is 22.7 Å². The number of hydrogen-bond acceptors (Lipinski definition) is 1. The zero-order valence-corrected chi connectivity index (χ0v) is 13.4. The number of carbonyl (C=O) groups excluding carboxylic acids is 1. The molecule has 2 nitrogen and oxygen atoms in total. The van der Waals surface area contributed by atoms with Crippen LogP contribution in [0.1, 0.15) is 24.8 Å². The maximum Gasteiger partial charge on any atom is 0.408 e. The van der Waals surface area contributed by atoms with E-state index in [1.807, 2.05) is 0 Å². The van der Waals surface area contributed by atoms with E-state index in [1.54, 1.807) is 18.2 Å². The lowest BCUT2D eigenvalue weighted by molar-refractivity contribution is -0.195. The molecule has 1 saturated heterocycles. The molecule has 1 aromatic rings. The molecule has 0 aromatic heterocycles. The van der Waals surface area contributed by atoms with Gasteiger partial charge in [-0.15, -0.1) is 0 Å². The fourth-order valence-corrected chi connectivity index (χ4v) is 2.95. The fourth-order valence-electron chi connectivity index (χ4n) is 2.50. The lowest BCUT2D eigenvalue weighted by Gasteiger charge is -2.36. The summed E-state index contributed by atoms with van der Waals surface area (Å²) in [6.45, 7) is 0.160. The lowest BCUT2D eigenvalue weighted by Crippen LogP contribution is -2.51. The van der Waals surface area contributed by atoms with Crippen molar-refractivity contribution in [2.24, 2.45) is 0 Å². The maximum absolute atomic E-state index is 13.0. The number of likely N-dealkylation sites (tertiary alicyclic amines) is 1. The summed E-state index contributed by atoms with van der Waals surface area (Å²) in [5.41, 5.74) is 0.611. The zero-order valence-electron chi connectivity index (χ0n) is 11.1. The Hall–Kier alpha value is -0.750. The first-order valence-corrected chi connectivity index (χ1v) is 7.76. The van der Waals surface area contributed by atoms with E-state index in [9.17, 15) is 18.0 Å². The highest BCUT2D eigenvalue weighted by Gasteiger charge is 2.46. The second-order valence-corrected chi connectivity index (χ2v) is 6.33. The van der Waals surface area contributed by atoms with Gasteiger partial charge in [-0.25, -0.2) is 0 Å². The van der Waals surface area contributed by atoms with Crippen LogP contribution in [-0.2, 0) is 11.2 Å². The van der Waals surface area contributed by atoms with E-state index in [0.717, 1.165) is 4.90 Å². The molecule has 1 amide bonds. The monoisotopic (exact) mass is 383 g/mol. The fraction of sp³-hybridized carbons (Fsp3) is 0.500. The Balaban J connectivity index is 2.12. The first kappa shape index (κ1) is 16.6. The van der Waals surface area contributed by atoms with Crippen molar-refractivity contribution in [3.05, 3.63) is 33.3 Å². The molecule has 0 bridgehead atoms. The SMILES string of the molecule is O=C(Cc1ccc(Br)c(Cl)c1)N1CCCCC1C(F)(F)F. The van der Waals surface area contributed by atoms with Crippen molar-refractivity contribution in [2.45, 2.75) is 37.9 Å². The minimum atomic E-state index is -4.37. The van der Waals surface area contributed by atoms with E-state index < -0.39 is 18.1 Å². The highest BCUT2D eigenvalue weighted by atomic mass is 79.9. The molecule has 0 spiro atoms. The third-order valence-corrected chi connectivity index (χ3v) is 4.77. The minimum Gasteiger partial charge on any atom is -0.330 e. The summed E-state index contributed by atoms with van der Waals surface area (Å²) < 4.78 is 39.6. The maximum atomic E-state index is 13.0. The van der Waals surface area contributed by atoms with E-state index >= 15 is 0 Å². The van der Waals surface area contributed by atoms with Gasteiger partial charge in [0, 0.05) is 11.0 Å². The molecule has 0 aliphatic carbocycles. The second-order valence-electron chi connectivity index (χ2n) is 5.07. The average molecular weight is 385 g/mol. The van der Waals surface area contributed by atoms with Crippen molar-refractivity contribution in [3.63, 3.8) is 0 Å². The van der Waals surface area contributed by atoms with Gasteiger partial charge in [-0.3, -0.25) is 4.79 Å². The van der Waals surface area contributed by atoms with Crippen LogP contribution in [0, 0.1) is 0 Å². The standard InChI is InChI=1S/C14H14BrClF3NO/c15-10-5-4-9(7-11(10)16)8-13(21)20-6-2-1-3-12(20)14(17,18)19/h4-5,7,12H,1-3,6,8H2. The van der Waals surface area contributed by atoms with Gasteiger partial charge in [0.15, 0.2) is 0 Å². The summed E-state index contributed by atoms with van der Waals surface area (Å²) in [5, 5.41) is 0.436. The molecule has 7 heteroatoms. The Morgan fingerprint density at radius 2 is 2.10 bits per heavy atom. The van der Waals surface area contributed by atoms with E-state index in [0.29, 0.717) is 27.9 Å². The predicted molar refractivity (Wildman–Crippen MR) is 78.3 cm³/mol. The van der Waals surface area contributed by atoms with Crippen LogP contribution in [0.5, 0.6) is 0 Å². The van der Waals surface area contributed by atoms with Crippen molar-refractivity contribution < 1.29 is 18.0 Å². The molecule has 2 rings (SSSR count). The van der Waals surface area contributed by atoms with Gasteiger partial charge in [-0.1, -0.05) is 17.7 Å². The summed E-state index contributed by atoms with van der Waals surface area (Å²) in [6, 6.07) is 3.29. The molecule has 0 N–H and O–H groups in total. The van der Waals surface area contributed by atoms with Gasteiger partial charge in [-0.05, 0) is 52.9 Å². The van der Waals surface area contributed by atoms with Crippen LogP contribution < -0.4 is 0 Å². The highest BCUT2D eigenvalue weighted by molar-refractivity contribution is 9.10. The summed E-state index contributed by atoms with van der Waals surface area (Å²) >= 11 is 9.16. The first-order chi connectivity index (χ1) is 9.79. The van der Waals surface area contributed by atoms with Crippen molar-refractivity contribution >= 4 is 33.4 Å². The van der Waals surface area contributed by atoms with Crippen molar-refractivity contribution in [1.82, 2.24) is 4.90 Å². The molecule has 1 aromatic carbocycles. The Labute approximate surface area is 134 Å². The lowest BCUT2D eigenvalue weighted by atomic mass is 10.0. The third kappa shape index (κ3) is 4.13. The predicted octanol–water partition coefficient (Wildman–Crippen LogP) is 4.59. The molecule has 1 fully saturated rings. The van der Waals surface area contributed by atoms with Crippen LogP contribution in [0.25, 0.3) is 0 Å². The van der Waals surface area contributed by atoms with Crippen LogP contribution in [0.4, 0.5) is 13.2 Å². The van der Waals surface area contributed by atoms with Crippen LogP contribution in [-0.4, -0.2) is 29.6 Å². The number of amides is 1. The molecule has 116 valence electrons. The average Bonchev–Trinajstić information content (AvgIpc) is 2.42. The Morgan fingerprint density at radius 3 is 2.71 bits per heavy atom. The highest BCUT2D eigenvalue weighted by Crippen LogP contribution is 2.32. The van der Waals surface area contributed by atoms with Gasteiger partial charge < -0.3 is 4.90 Å². The van der Waals surface area contributed by atoms with Gasteiger partial charge in [0.05, 0.1) is 11.4 Å². The molecule has 1 atom stereocenters. The van der Waals surface area contributed by atoms with Gasteiger partial charge >= 0.3 is 6.18 Å². The Bertz CT molecular complexity index is 535. The van der Waals surface area contributed by atoms with Crippen molar-refractivity contribution in [1.29, 1.82) is 0 Å². The second kappa shape index (κ2) is 6.57. The number of halogens is 5. The summed E-state index contributed by atoms with van der Waals surface area (Å²) in [5.74, 6) is -0.504. The molecule has 1 aliphatic heterocycles. The summed E-state index contributed by atoms with van der Waals surface area (Å²) in [7, 11) is 0. The van der Waals surface area contributed by atoms with Crippen molar-refractivity contribution in [2.75, 3.05) is 6.54 Å². The number of alkyl halides is 3. The van der Waals surface area contributed by atoms with Crippen LogP contribution in [0.2, 0.25) is 5.02 Å². The Morgan fingerprint density at radius 1 is 1.38 bits per heavy atom. The van der Waals surface area contributed by atoms with E-state index in [4.69, 9.17) is 11.6 Å². The van der Waals surface area contributed by atoms with Crippen LogP contribution >= 0.6 is 27.5 Å². The number of piperidine rings is 1. The molecule has 1 aliphatic rings. The summed E-state index contributed by atoms with van der Waals surface area (Å²) in [6.07, 6.45) is -3.35. The smallest absolute Gasteiger partial charge is 0.330 e. The molecule has 1 heterocycles. The van der Waals surface area contributed by atoms with Gasteiger partial charge in [0.25, 0.3) is 0 Å². The number of benzene rings is 1. The number of nitrogens with zero attached hydrogens (tertiary/aromatic N) is 1. The first-order valence-electron chi connectivity index (χ1n) is 6.59. The van der Waals surface area contributed by atoms with E-state index in [1.165, 1.54) is 0 Å². The normalized spacial score (nSPS) is 19.7. The Kier molecular flexibility index (Phi) is 5.20. The van der Waals surface area contributed by atoms with Crippen LogP contribution in [0.3, 0.4) is 0 Å². The number of rotatable bonds is 2. The topological polar surface area (TPSA) is 20.3 Å².